The summed E-state index contributed by atoms with van der Waals surface area (Å²) < 4.78 is 28.0. The number of hydrogen-bond acceptors (Lipinski definition) is 5. The van der Waals surface area contributed by atoms with Crippen LogP contribution in [-0.4, -0.2) is 55.6 Å². The molecule has 1 aromatic heterocycles. The van der Waals surface area contributed by atoms with E-state index in [1.54, 1.807) is 5.38 Å². The minimum atomic E-state index is -3.67. The Kier molecular flexibility index (Phi) is 8.06. The SMILES string of the molecule is Cc1ccccc1CNC(=O)C1CCN(S(=O)(=O)c2cc(C(=O)N3CCCCCC3)cs2)CC1. The molecule has 7 nitrogen and oxygen atoms in total. The highest BCUT2D eigenvalue weighted by Gasteiger charge is 2.33. The number of amides is 2. The van der Waals surface area contributed by atoms with Gasteiger partial charge < -0.3 is 10.2 Å². The number of hydrogen-bond donors (Lipinski definition) is 1. The number of aryl methyl sites for hydroxylation is 1. The van der Waals surface area contributed by atoms with Crippen LogP contribution in [0.25, 0.3) is 0 Å². The number of rotatable bonds is 6. The van der Waals surface area contributed by atoms with Crippen molar-refractivity contribution in [3.63, 3.8) is 0 Å². The van der Waals surface area contributed by atoms with E-state index in [9.17, 15) is 18.0 Å². The summed E-state index contributed by atoms with van der Waals surface area (Å²) in [6.45, 7) is 4.57. The molecule has 184 valence electrons. The number of carbonyl (C=O) groups is 2. The number of sulfonamides is 1. The second-order valence-corrected chi connectivity index (χ2v) is 12.3. The van der Waals surface area contributed by atoms with Crippen molar-refractivity contribution in [1.29, 1.82) is 0 Å². The third kappa shape index (κ3) is 5.70. The van der Waals surface area contributed by atoms with E-state index >= 15 is 0 Å². The molecular weight excluding hydrogens is 470 g/mol. The molecule has 0 atom stereocenters. The van der Waals surface area contributed by atoms with Crippen molar-refractivity contribution in [1.82, 2.24) is 14.5 Å². The third-order valence-corrected chi connectivity index (χ3v) is 10.2. The van der Waals surface area contributed by atoms with Gasteiger partial charge in [0, 0.05) is 44.0 Å². The van der Waals surface area contributed by atoms with Crippen LogP contribution in [0.15, 0.2) is 39.9 Å². The molecule has 34 heavy (non-hydrogen) atoms. The summed E-state index contributed by atoms with van der Waals surface area (Å²) in [5.74, 6) is -0.302. The Balaban J connectivity index is 1.32. The molecular formula is C25H33N3O4S2. The molecule has 3 heterocycles. The van der Waals surface area contributed by atoms with Crippen molar-refractivity contribution in [2.24, 2.45) is 5.92 Å². The second-order valence-electron chi connectivity index (χ2n) is 9.18. The molecule has 4 rings (SSSR count). The van der Waals surface area contributed by atoms with Crippen LogP contribution >= 0.6 is 11.3 Å². The van der Waals surface area contributed by atoms with E-state index in [0.717, 1.165) is 61.2 Å². The molecule has 2 aliphatic rings. The molecule has 2 aromatic rings. The minimum absolute atomic E-state index is 0.0262. The average molecular weight is 504 g/mol. The quantitative estimate of drug-likeness (QED) is 0.650. The normalized spacial score (nSPS) is 18.4. The van der Waals surface area contributed by atoms with Gasteiger partial charge in [-0.2, -0.15) is 4.31 Å². The van der Waals surface area contributed by atoms with E-state index in [2.05, 4.69) is 5.32 Å². The Hall–Kier alpha value is -2.23. The Labute approximate surface area is 206 Å². The van der Waals surface area contributed by atoms with E-state index in [1.807, 2.05) is 36.1 Å². The zero-order chi connectivity index (χ0) is 24.1. The van der Waals surface area contributed by atoms with Crippen LogP contribution in [0.1, 0.15) is 60.0 Å². The first-order valence-corrected chi connectivity index (χ1v) is 14.4. The molecule has 2 amide bonds. The number of likely N-dealkylation sites (tertiary alicyclic amines) is 1. The van der Waals surface area contributed by atoms with E-state index in [4.69, 9.17) is 0 Å². The highest BCUT2D eigenvalue weighted by Crippen LogP contribution is 2.29. The van der Waals surface area contributed by atoms with Crippen LogP contribution in [0.2, 0.25) is 0 Å². The van der Waals surface area contributed by atoms with Gasteiger partial charge in [-0.15, -0.1) is 11.3 Å². The monoisotopic (exact) mass is 503 g/mol. The molecule has 2 saturated heterocycles. The smallest absolute Gasteiger partial charge is 0.254 e. The summed E-state index contributed by atoms with van der Waals surface area (Å²) >= 11 is 1.11. The predicted molar refractivity (Wildman–Crippen MR) is 133 cm³/mol. The molecule has 9 heteroatoms. The topological polar surface area (TPSA) is 86.8 Å². The first-order chi connectivity index (χ1) is 16.4. The summed E-state index contributed by atoms with van der Waals surface area (Å²) in [7, 11) is -3.67. The number of benzene rings is 1. The van der Waals surface area contributed by atoms with Crippen molar-refractivity contribution in [3.05, 3.63) is 52.4 Å². The van der Waals surface area contributed by atoms with E-state index in [-0.39, 0.29) is 21.9 Å². The Morgan fingerprint density at radius 2 is 1.71 bits per heavy atom. The fraction of sp³-hybridized carbons (Fsp3) is 0.520. The predicted octanol–water partition coefficient (Wildman–Crippen LogP) is 3.79. The first kappa shape index (κ1) is 24.9. The summed E-state index contributed by atoms with van der Waals surface area (Å²) in [5.41, 5.74) is 2.67. The molecule has 1 N–H and O–H groups in total. The molecule has 1 aromatic carbocycles. The Morgan fingerprint density at radius 3 is 2.38 bits per heavy atom. The lowest BCUT2D eigenvalue weighted by Crippen LogP contribution is -2.42. The molecule has 2 aliphatic heterocycles. The molecule has 0 bridgehead atoms. The van der Waals surface area contributed by atoms with Crippen LogP contribution in [0.3, 0.4) is 0 Å². The van der Waals surface area contributed by atoms with Crippen LogP contribution < -0.4 is 5.32 Å². The van der Waals surface area contributed by atoms with Gasteiger partial charge >= 0.3 is 0 Å². The maximum absolute atomic E-state index is 13.2. The molecule has 0 radical (unpaired) electrons. The van der Waals surface area contributed by atoms with Gasteiger partial charge in [-0.05, 0) is 49.8 Å². The van der Waals surface area contributed by atoms with Gasteiger partial charge in [0.2, 0.25) is 5.91 Å². The van der Waals surface area contributed by atoms with Crippen LogP contribution in [0.5, 0.6) is 0 Å². The molecule has 0 spiro atoms. The Bertz CT molecular complexity index is 1110. The lowest BCUT2D eigenvalue weighted by Gasteiger charge is -2.30. The number of nitrogens with zero attached hydrogens (tertiary/aromatic N) is 2. The van der Waals surface area contributed by atoms with Gasteiger partial charge in [-0.25, -0.2) is 8.42 Å². The fourth-order valence-corrected chi connectivity index (χ4v) is 7.42. The fourth-order valence-electron chi connectivity index (χ4n) is 4.64. The first-order valence-electron chi connectivity index (χ1n) is 12.1. The van der Waals surface area contributed by atoms with Crippen molar-refractivity contribution < 1.29 is 18.0 Å². The highest BCUT2D eigenvalue weighted by molar-refractivity contribution is 7.91. The number of thiophene rings is 1. The lowest BCUT2D eigenvalue weighted by molar-refractivity contribution is -0.126. The molecule has 0 unspecified atom stereocenters. The molecule has 0 aliphatic carbocycles. The third-order valence-electron chi connectivity index (χ3n) is 6.85. The van der Waals surface area contributed by atoms with Gasteiger partial charge in [-0.3, -0.25) is 9.59 Å². The Morgan fingerprint density at radius 1 is 1.03 bits per heavy atom. The second kappa shape index (κ2) is 11.0. The van der Waals surface area contributed by atoms with E-state index in [0.29, 0.717) is 38.0 Å². The zero-order valence-electron chi connectivity index (χ0n) is 19.7. The van der Waals surface area contributed by atoms with Gasteiger partial charge in [0.25, 0.3) is 15.9 Å². The summed E-state index contributed by atoms with van der Waals surface area (Å²) in [5, 5.41) is 4.66. The maximum Gasteiger partial charge on any atom is 0.254 e. The van der Waals surface area contributed by atoms with E-state index in [1.165, 1.54) is 10.4 Å². The molecule has 2 fully saturated rings. The summed E-state index contributed by atoms with van der Waals surface area (Å²) in [6.07, 6.45) is 5.23. The van der Waals surface area contributed by atoms with Crippen LogP contribution in [-0.2, 0) is 21.4 Å². The number of carbonyl (C=O) groups excluding carboxylic acids is 2. The number of nitrogens with one attached hydrogen (secondary N) is 1. The van der Waals surface area contributed by atoms with Crippen molar-refractivity contribution in [2.75, 3.05) is 26.2 Å². The minimum Gasteiger partial charge on any atom is -0.352 e. The largest absolute Gasteiger partial charge is 0.352 e. The van der Waals surface area contributed by atoms with Crippen molar-refractivity contribution in [3.8, 4) is 0 Å². The maximum atomic E-state index is 13.2. The lowest BCUT2D eigenvalue weighted by atomic mass is 9.97. The van der Waals surface area contributed by atoms with Crippen LogP contribution in [0.4, 0.5) is 0 Å². The summed E-state index contributed by atoms with van der Waals surface area (Å²) in [4.78, 5) is 27.3. The average Bonchev–Trinajstić information content (AvgIpc) is 3.20. The molecule has 0 saturated carbocycles. The van der Waals surface area contributed by atoms with E-state index < -0.39 is 10.0 Å². The van der Waals surface area contributed by atoms with Crippen molar-refractivity contribution >= 4 is 33.2 Å². The highest BCUT2D eigenvalue weighted by atomic mass is 32.2. The van der Waals surface area contributed by atoms with Crippen LogP contribution in [0, 0.1) is 12.8 Å². The van der Waals surface area contributed by atoms with Crippen molar-refractivity contribution in [2.45, 2.75) is 56.2 Å². The summed E-state index contributed by atoms with van der Waals surface area (Å²) in [6, 6.07) is 9.46. The van der Waals surface area contributed by atoms with Gasteiger partial charge in [0.05, 0.1) is 5.56 Å². The van der Waals surface area contributed by atoms with Gasteiger partial charge in [-0.1, -0.05) is 37.1 Å². The standard InChI is InChI=1S/C25H33N3O4S2/c1-19-8-4-5-9-21(19)17-26-24(29)20-10-14-28(15-11-20)34(31,32)23-16-22(18-33-23)25(30)27-12-6-2-3-7-13-27/h4-5,8-9,16,18,20H,2-3,6-7,10-15,17H2,1H3,(H,26,29). The van der Waals surface area contributed by atoms with Gasteiger partial charge in [0.15, 0.2) is 0 Å². The number of piperidine rings is 1. The van der Waals surface area contributed by atoms with Gasteiger partial charge in [0.1, 0.15) is 4.21 Å². The zero-order valence-corrected chi connectivity index (χ0v) is 21.3.